The van der Waals surface area contributed by atoms with Crippen LogP contribution in [0.1, 0.15) is 27.9 Å². The van der Waals surface area contributed by atoms with E-state index in [1.165, 1.54) is 6.07 Å². The number of hydrogen-bond acceptors (Lipinski definition) is 1. The van der Waals surface area contributed by atoms with Crippen LogP contribution in [-0.2, 0) is 11.5 Å². The van der Waals surface area contributed by atoms with E-state index in [4.69, 9.17) is 0 Å². The molecule has 0 N–H and O–H groups in total. The first-order valence-corrected chi connectivity index (χ1v) is 6.99. The van der Waals surface area contributed by atoms with Crippen LogP contribution in [0.25, 0.3) is 0 Å². The molecule has 0 fully saturated rings. The zero-order valence-electron chi connectivity index (χ0n) is 8.65. The van der Waals surface area contributed by atoms with Gasteiger partial charge < -0.3 is 0 Å². The zero-order chi connectivity index (χ0) is 13.1. The van der Waals surface area contributed by atoms with E-state index in [1.807, 2.05) is 0 Å². The highest BCUT2D eigenvalue weighted by molar-refractivity contribution is 9.09. The van der Waals surface area contributed by atoms with Gasteiger partial charge in [-0.2, -0.15) is 13.2 Å². The summed E-state index contributed by atoms with van der Waals surface area (Å²) in [5.74, 6) is -0.162. The average molecular weight is 374 g/mol. The highest BCUT2D eigenvalue weighted by Crippen LogP contribution is 2.31. The first kappa shape index (κ1) is 14.7. The lowest BCUT2D eigenvalue weighted by Gasteiger charge is -2.11. The third kappa shape index (κ3) is 3.81. The van der Waals surface area contributed by atoms with Crippen molar-refractivity contribution in [3.8, 4) is 0 Å². The van der Waals surface area contributed by atoms with Crippen LogP contribution in [0.15, 0.2) is 18.2 Å². The second-order valence-electron chi connectivity index (χ2n) is 3.37. The molecule has 17 heavy (non-hydrogen) atoms. The Bertz CT molecular complexity index is 416. The Morgan fingerprint density at radius 2 is 1.88 bits per heavy atom. The lowest BCUT2D eigenvalue weighted by Crippen LogP contribution is -2.09. The van der Waals surface area contributed by atoms with Crippen molar-refractivity contribution < 1.29 is 18.0 Å². The Balaban J connectivity index is 3.14. The van der Waals surface area contributed by atoms with E-state index in [0.29, 0.717) is 16.5 Å². The maximum Gasteiger partial charge on any atom is 0.416 e. The predicted octanol–water partition coefficient (Wildman–Crippen LogP) is 4.57. The van der Waals surface area contributed by atoms with E-state index in [0.717, 1.165) is 12.1 Å². The van der Waals surface area contributed by atoms with E-state index in [1.54, 1.807) is 0 Å². The maximum absolute atomic E-state index is 12.5. The highest BCUT2D eigenvalue weighted by atomic mass is 79.9. The van der Waals surface area contributed by atoms with E-state index in [2.05, 4.69) is 31.9 Å². The maximum atomic E-state index is 12.5. The van der Waals surface area contributed by atoms with Gasteiger partial charge in [0.2, 0.25) is 0 Å². The molecule has 0 radical (unpaired) electrons. The summed E-state index contributed by atoms with van der Waals surface area (Å²) in [6, 6.07) is 3.19. The van der Waals surface area contributed by atoms with E-state index < -0.39 is 11.7 Å². The molecule has 0 saturated carbocycles. The van der Waals surface area contributed by atoms with Crippen LogP contribution in [0.3, 0.4) is 0 Å². The Morgan fingerprint density at radius 3 is 2.35 bits per heavy atom. The van der Waals surface area contributed by atoms with E-state index >= 15 is 0 Å². The topological polar surface area (TPSA) is 17.1 Å². The molecule has 0 bridgehead atoms. The van der Waals surface area contributed by atoms with Gasteiger partial charge in [-0.05, 0) is 17.7 Å². The largest absolute Gasteiger partial charge is 0.416 e. The number of alkyl halides is 5. The highest BCUT2D eigenvalue weighted by Gasteiger charge is 2.31. The number of benzene rings is 1. The molecule has 0 aliphatic carbocycles. The fraction of sp³-hybridized carbons (Fsp3) is 0.364. The monoisotopic (exact) mass is 372 g/mol. The number of carbonyl (C=O) groups excluding carboxylic acids is 1. The summed E-state index contributed by atoms with van der Waals surface area (Å²) in [6.07, 6.45) is -4.11. The Hall–Kier alpha value is -0.360. The zero-order valence-corrected chi connectivity index (χ0v) is 11.8. The van der Waals surface area contributed by atoms with Crippen molar-refractivity contribution in [3.05, 3.63) is 34.9 Å². The quantitative estimate of drug-likeness (QED) is 0.558. The number of carbonyl (C=O) groups is 1. The van der Waals surface area contributed by atoms with Crippen LogP contribution in [0.2, 0.25) is 0 Å². The van der Waals surface area contributed by atoms with Crippen molar-refractivity contribution in [3.63, 3.8) is 0 Å². The third-order valence-electron chi connectivity index (χ3n) is 2.20. The molecule has 0 heterocycles. The van der Waals surface area contributed by atoms with Crippen LogP contribution in [0.4, 0.5) is 13.2 Å². The lowest BCUT2D eigenvalue weighted by atomic mass is 10.0. The van der Waals surface area contributed by atoms with Gasteiger partial charge >= 0.3 is 6.18 Å². The normalized spacial score (nSPS) is 11.6. The number of ketones is 1. The van der Waals surface area contributed by atoms with Crippen LogP contribution >= 0.6 is 31.9 Å². The fourth-order valence-electron chi connectivity index (χ4n) is 1.37. The summed E-state index contributed by atoms with van der Waals surface area (Å²) in [7, 11) is 0. The third-order valence-corrected chi connectivity index (χ3v) is 3.20. The van der Waals surface area contributed by atoms with Crippen molar-refractivity contribution in [1.82, 2.24) is 0 Å². The summed E-state index contributed by atoms with van der Waals surface area (Å²) < 4.78 is 37.4. The number of rotatable bonds is 4. The average Bonchev–Trinajstić information content (AvgIpc) is 2.27. The molecule has 0 spiro atoms. The second-order valence-corrected chi connectivity index (χ2v) is 4.72. The summed E-state index contributed by atoms with van der Waals surface area (Å²) >= 11 is 6.22. The summed E-state index contributed by atoms with van der Waals surface area (Å²) in [5, 5.41) is 0.717. The molecule has 0 saturated heterocycles. The second kappa shape index (κ2) is 6.00. The molecular formula is C11H9Br2F3O. The molecule has 1 aromatic carbocycles. The minimum absolute atomic E-state index is 0.162. The summed E-state index contributed by atoms with van der Waals surface area (Å²) in [4.78, 5) is 11.7. The number of halogens is 5. The van der Waals surface area contributed by atoms with Gasteiger partial charge in [0, 0.05) is 22.6 Å². The standard InChI is InChI=1S/C11H9Br2F3O/c12-4-3-10(17)9-2-1-8(11(14,15)16)5-7(9)6-13/h1-2,5H,3-4,6H2. The SMILES string of the molecule is O=C(CCBr)c1ccc(C(F)(F)F)cc1CBr. The predicted molar refractivity (Wildman–Crippen MR) is 66.8 cm³/mol. The van der Waals surface area contributed by atoms with Crippen LogP contribution in [0, 0.1) is 0 Å². The Labute approximate surface area is 114 Å². The smallest absolute Gasteiger partial charge is 0.294 e. The van der Waals surface area contributed by atoms with Crippen LogP contribution in [0.5, 0.6) is 0 Å². The van der Waals surface area contributed by atoms with Gasteiger partial charge in [-0.1, -0.05) is 37.9 Å². The molecule has 0 unspecified atom stereocenters. The van der Waals surface area contributed by atoms with E-state index in [-0.39, 0.29) is 17.5 Å². The minimum Gasteiger partial charge on any atom is -0.294 e. The molecule has 0 aliphatic rings. The van der Waals surface area contributed by atoms with Gasteiger partial charge in [0.1, 0.15) is 0 Å². The minimum atomic E-state index is -4.38. The molecule has 94 valence electrons. The fourth-order valence-corrected chi connectivity index (χ4v) is 2.20. The van der Waals surface area contributed by atoms with Gasteiger partial charge in [-0.25, -0.2) is 0 Å². The van der Waals surface area contributed by atoms with Crippen LogP contribution in [-0.4, -0.2) is 11.1 Å². The van der Waals surface area contributed by atoms with Gasteiger partial charge in [-0.15, -0.1) is 0 Å². The molecule has 1 aromatic rings. The van der Waals surface area contributed by atoms with Gasteiger partial charge in [0.25, 0.3) is 0 Å². The Kier molecular flexibility index (Phi) is 5.19. The molecule has 6 heteroatoms. The summed E-state index contributed by atoms with van der Waals surface area (Å²) in [6.45, 7) is 0. The molecular weight excluding hydrogens is 365 g/mol. The van der Waals surface area contributed by atoms with Crippen molar-refractivity contribution in [2.24, 2.45) is 0 Å². The Morgan fingerprint density at radius 1 is 1.24 bits per heavy atom. The van der Waals surface area contributed by atoms with Crippen molar-refractivity contribution in [2.45, 2.75) is 17.9 Å². The summed E-state index contributed by atoms with van der Waals surface area (Å²) in [5.41, 5.74) is -0.0255. The molecule has 1 nitrogen and oxygen atoms in total. The first-order valence-electron chi connectivity index (χ1n) is 4.75. The first-order chi connectivity index (χ1) is 7.90. The molecule has 0 aromatic heterocycles. The van der Waals surface area contributed by atoms with Crippen molar-refractivity contribution >= 4 is 37.6 Å². The molecule has 0 amide bonds. The van der Waals surface area contributed by atoms with Crippen molar-refractivity contribution in [1.29, 1.82) is 0 Å². The molecule has 1 rings (SSSR count). The molecule has 0 atom stereocenters. The lowest BCUT2D eigenvalue weighted by molar-refractivity contribution is -0.137. The number of hydrogen-bond donors (Lipinski definition) is 0. The van der Waals surface area contributed by atoms with Crippen molar-refractivity contribution in [2.75, 3.05) is 5.33 Å². The number of Topliss-reactive ketones (excluding diaryl/α,β-unsaturated/α-hetero) is 1. The van der Waals surface area contributed by atoms with Gasteiger partial charge in [0.15, 0.2) is 5.78 Å². The van der Waals surface area contributed by atoms with Crippen LogP contribution < -0.4 is 0 Å². The van der Waals surface area contributed by atoms with Gasteiger partial charge in [0.05, 0.1) is 5.56 Å². The molecule has 0 aliphatic heterocycles. The van der Waals surface area contributed by atoms with E-state index in [9.17, 15) is 18.0 Å². The van der Waals surface area contributed by atoms with Gasteiger partial charge in [-0.3, -0.25) is 4.79 Å².